The first-order chi connectivity index (χ1) is 10.1. The van der Waals surface area contributed by atoms with Gasteiger partial charge in [-0.1, -0.05) is 11.8 Å². The summed E-state index contributed by atoms with van der Waals surface area (Å²) >= 11 is 0. The summed E-state index contributed by atoms with van der Waals surface area (Å²) in [4.78, 5) is 12.2. The quantitative estimate of drug-likeness (QED) is 0.849. The second-order valence-corrected chi connectivity index (χ2v) is 4.82. The van der Waals surface area contributed by atoms with Crippen molar-refractivity contribution in [2.75, 3.05) is 11.9 Å². The highest BCUT2D eigenvalue weighted by molar-refractivity contribution is 6.03. The van der Waals surface area contributed by atoms with Gasteiger partial charge < -0.3 is 15.0 Å². The molecule has 0 bridgehead atoms. The molecule has 0 atom stereocenters. The molecule has 1 amide bonds. The van der Waals surface area contributed by atoms with E-state index >= 15 is 0 Å². The van der Waals surface area contributed by atoms with Crippen molar-refractivity contribution in [1.29, 1.82) is 0 Å². The first-order valence-electron chi connectivity index (χ1n) is 6.74. The summed E-state index contributed by atoms with van der Waals surface area (Å²) in [6.07, 6.45) is 2.27. The van der Waals surface area contributed by atoms with Crippen LogP contribution < -0.4 is 5.32 Å². The molecule has 0 aliphatic heterocycles. The molecule has 0 unspecified atom stereocenters. The number of amides is 1. The minimum atomic E-state index is -0.151. The number of aliphatic hydroxyl groups excluding tert-OH is 1. The van der Waals surface area contributed by atoms with Gasteiger partial charge in [-0.05, 0) is 42.8 Å². The van der Waals surface area contributed by atoms with Crippen molar-refractivity contribution in [3.8, 4) is 11.8 Å². The maximum atomic E-state index is 12.2. The van der Waals surface area contributed by atoms with Crippen LogP contribution >= 0.6 is 0 Å². The van der Waals surface area contributed by atoms with E-state index in [9.17, 15) is 4.79 Å². The molecule has 2 N–H and O–H groups in total. The number of nitrogens with one attached hydrogen (secondary N) is 1. The molecule has 0 aliphatic rings. The average molecular weight is 282 g/mol. The van der Waals surface area contributed by atoms with Gasteiger partial charge in [0.15, 0.2) is 0 Å². The number of carbonyl (C=O) groups is 1. The molecule has 4 heteroatoms. The lowest BCUT2D eigenvalue weighted by Gasteiger charge is -2.08. The summed E-state index contributed by atoms with van der Waals surface area (Å²) in [5.74, 6) is 5.71. The summed E-state index contributed by atoms with van der Waals surface area (Å²) < 4.78 is 1.77. The molecule has 2 rings (SSSR count). The fourth-order valence-corrected chi connectivity index (χ4v) is 2.04. The van der Waals surface area contributed by atoms with E-state index in [4.69, 9.17) is 5.11 Å². The first-order valence-corrected chi connectivity index (χ1v) is 6.74. The lowest BCUT2D eigenvalue weighted by atomic mass is 10.1. The highest BCUT2D eigenvalue weighted by Gasteiger charge is 2.09. The summed E-state index contributed by atoms with van der Waals surface area (Å²) in [5, 5.41) is 11.6. The number of hydrogen-bond acceptors (Lipinski definition) is 2. The Hall–Kier alpha value is -2.51. The Bertz CT molecular complexity index is 705. The molecule has 1 aromatic carbocycles. The zero-order valence-electron chi connectivity index (χ0n) is 12.2. The molecule has 1 aromatic heterocycles. The molecule has 21 heavy (non-hydrogen) atoms. The van der Waals surface area contributed by atoms with E-state index in [1.165, 1.54) is 0 Å². The summed E-state index contributed by atoms with van der Waals surface area (Å²) in [6.45, 7) is 2.01. The van der Waals surface area contributed by atoms with Crippen LogP contribution in [0.15, 0.2) is 36.5 Å². The van der Waals surface area contributed by atoms with Crippen molar-refractivity contribution < 1.29 is 9.90 Å². The Balaban J connectivity index is 2.19. The molecule has 0 saturated carbocycles. The third-order valence-corrected chi connectivity index (χ3v) is 2.98. The fraction of sp³-hybridized carbons (Fsp3) is 0.235. The van der Waals surface area contributed by atoms with E-state index in [0.717, 1.165) is 16.8 Å². The van der Waals surface area contributed by atoms with Crippen LogP contribution in [0.4, 0.5) is 5.69 Å². The van der Waals surface area contributed by atoms with Crippen LogP contribution in [0.3, 0.4) is 0 Å². The van der Waals surface area contributed by atoms with Crippen LogP contribution in [0.25, 0.3) is 0 Å². The van der Waals surface area contributed by atoms with Crippen LogP contribution in [0.2, 0.25) is 0 Å². The Labute approximate surface area is 124 Å². The molecule has 4 nitrogen and oxygen atoms in total. The van der Waals surface area contributed by atoms with E-state index in [2.05, 4.69) is 17.2 Å². The molecular weight excluding hydrogens is 264 g/mol. The lowest BCUT2D eigenvalue weighted by molar-refractivity contribution is 0.101. The van der Waals surface area contributed by atoms with Crippen molar-refractivity contribution in [2.24, 2.45) is 7.05 Å². The number of rotatable bonds is 3. The minimum absolute atomic E-state index is 0.0515. The standard InChI is InChI=1S/C17H18N2O2/c1-13-10-14(6-3-4-9-20)12-15(11-13)18-17(21)16-7-5-8-19(16)2/h5,7-8,10-12,20H,4,9H2,1-2H3,(H,18,21). The topological polar surface area (TPSA) is 54.3 Å². The number of benzene rings is 1. The molecule has 108 valence electrons. The molecule has 1 heterocycles. The van der Waals surface area contributed by atoms with Crippen molar-refractivity contribution in [1.82, 2.24) is 4.57 Å². The fourth-order valence-electron chi connectivity index (χ4n) is 2.04. The maximum absolute atomic E-state index is 12.2. The third kappa shape index (κ3) is 3.98. The SMILES string of the molecule is Cc1cc(C#CCCO)cc(NC(=O)c2cccn2C)c1. The molecule has 0 aliphatic carbocycles. The summed E-state index contributed by atoms with van der Waals surface area (Å²) in [5.41, 5.74) is 3.16. The van der Waals surface area contributed by atoms with E-state index in [-0.39, 0.29) is 12.5 Å². The highest BCUT2D eigenvalue weighted by atomic mass is 16.2. The van der Waals surface area contributed by atoms with Crippen molar-refractivity contribution >= 4 is 11.6 Å². The monoisotopic (exact) mass is 282 g/mol. The van der Waals surface area contributed by atoms with Crippen LogP contribution in [0.5, 0.6) is 0 Å². The Morgan fingerprint density at radius 2 is 2.19 bits per heavy atom. The zero-order valence-corrected chi connectivity index (χ0v) is 12.2. The second-order valence-electron chi connectivity index (χ2n) is 4.82. The molecular formula is C17H18N2O2. The Morgan fingerprint density at radius 3 is 2.86 bits per heavy atom. The normalized spacial score (nSPS) is 9.86. The van der Waals surface area contributed by atoms with Gasteiger partial charge in [-0.2, -0.15) is 0 Å². The largest absolute Gasteiger partial charge is 0.395 e. The van der Waals surface area contributed by atoms with Crippen LogP contribution in [-0.2, 0) is 7.05 Å². The van der Waals surface area contributed by atoms with Crippen LogP contribution in [-0.4, -0.2) is 22.2 Å². The average Bonchev–Trinajstić information content (AvgIpc) is 2.85. The van der Waals surface area contributed by atoms with Gasteiger partial charge in [-0.25, -0.2) is 0 Å². The summed E-state index contributed by atoms with van der Waals surface area (Å²) in [7, 11) is 1.83. The molecule has 0 spiro atoms. The van der Waals surface area contributed by atoms with Gasteiger partial charge in [0.2, 0.25) is 0 Å². The van der Waals surface area contributed by atoms with E-state index in [0.29, 0.717) is 12.1 Å². The number of aliphatic hydroxyl groups is 1. The maximum Gasteiger partial charge on any atom is 0.272 e. The highest BCUT2D eigenvalue weighted by Crippen LogP contribution is 2.15. The minimum Gasteiger partial charge on any atom is -0.395 e. The predicted molar refractivity (Wildman–Crippen MR) is 83.1 cm³/mol. The molecule has 2 aromatic rings. The van der Waals surface area contributed by atoms with E-state index in [1.54, 1.807) is 10.6 Å². The van der Waals surface area contributed by atoms with Crippen LogP contribution in [0, 0.1) is 18.8 Å². The number of carbonyl (C=O) groups excluding carboxylic acids is 1. The third-order valence-electron chi connectivity index (χ3n) is 2.98. The number of aryl methyl sites for hydroxylation is 2. The smallest absolute Gasteiger partial charge is 0.272 e. The van der Waals surface area contributed by atoms with Gasteiger partial charge in [0.05, 0.1) is 6.61 Å². The van der Waals surface area contributed by atoms with Gasteiger partial charge in [0, 0.05) is 30.9 Å². The Morgan fingerprint density at radius 1 is 1.38 bits per heavy atom. The molecule has 0 fully saturated rings. The predicted octanol–water partition coefficient (Wildman–Crippen LogP) is 2.32. The number of nitrogens with zero attached hydrogens (tertiary/aromatic N) is 1. The number of anilines is 1. The van der Waals surface area contributed by atoms with Crippen LogP contribution in [0.1, 0.15) is 28.0 Å². The van der Waals surface area contributed by atoms with E-state index in [1.807, 2.05) is 44.4 Å². The molecule has 0 saturated heterocycles. The van der Waals surface area contributed by atoms with Crippen molar-refractivity contribution in [2.45, 2.75) is 13.3 Å². The summed E-state index contributed by atoms with van der Waals surface area (Å²) in [6, 6.07) is 9.28. The Kier molecular flexibility index (Phi) is 4.81. The lowest BCUT2D eigenvalue weighted by Crippen LogP contribution is -2.15. The van der Waals surface area contributed by atoms with Gasteiger partial charge in [0.25, 0.3) is 5.91 Å². The number of hydrogen-bond donors (Lipinski definition) is 2. The zero-order chi connectivity index (χ0) is 15.2. The van der Waals surface area contributed by atoms with Gasteiger partial charge in [-0.15, -0.1) is 0 Å². The van der Waals surface area contributed by atoms with Crippen molar-refractivity contribution in [3.05, 3.63) is 53.3 Å². The number of aromatic nitrogens is 1. The first kappa shape index (κ1) is 14.9. The van der Waals surface area contributed by atoms with Gasteiger partial charge >= 0.3 is 0 Å². The van der Waals surface area contributed by atoms with Gasteiger partial charge in [0.1, 0.15) is 5.69 Å². The van der Waals surface area contributed by atoms with Gasteiger partial charge in [-0.3, -0.25) is 4.79 Å². The van der Waals surface area contributed by atoms with Crippen molar-refractivity contribution in [3.63, 3.8) is 0 Å². The van der Waals surface area contributed by atoms with E-state index < -0.39 is 0 Å². The molecule has 0 radical (unpaired) electrons. The second kappa shape index (κ2) is 6.78.